The predicted octanol–water partition coefficient (Wildman–Crippen LogP) is 1.68. The van der Waals surface area contributed by atoms with Gasteiger partial charge >= 0.3 is 0 Å². The zero-order valence-corrected chi connectivity index (χ0v) is 15.7. The van der Waals surface area contributed by atoms with Crippen LogP contribution in [-0.2, 0) is 14.8 Å². The van der Waals surface area contributed by atoms with E-state index in [4.69, 9.17) is 0 Å². The lowest BCUT2D eigenvalue weighted by molar-refractivity contribution is -0.115. The molecule has 1 heterocycles. The average Bonchev–Trinajstić information content (AvgIpc) is 2.99. The van der Waals surface area contributed by atoms with E-state index >= 15 is 0 Å². The van der Waals surface area contributed by atoms with Crippen LogP contribution >= 0.6 is 11.3 Å². The molecular formula is C16H19N3O4S2. The number of amides is 2. The van der Waals surface area contributed by atoms with Gasteiger partial charge in [-0.15, -0.1) is 11.3 Å². The van der Waals surface area contributed by atoms with Gasteiger partial charge in [0.15, 0.2) is 0 Å². The number of hydrogen-bond donors (Lipinski definition) is 2. The molecule has 0 fully saturated rings. The average molecular weight is 381 g/mol. The van der Waals surface area contributed by atoms with E-state index in [1.54, 1.807) is 18.2 Å². The molecule has 9 heteroatoms. The predicted molar refractivity (Wildman–Crippen MR) is 97.3 cm³/mol. The number of aryl methyl sites for hydroxylation is 1. The van der Waals surface area contributed by atoms with Crippen LogP contribution in [0.25, 0.3) is 0 Å². The van der Waals surface area contributed by atoms with Crippen LogP contribution < -0.4 is 10.6 Å². The smallest absolute Gasteiger partial charge is 0.261 e. The Morgan fingerprint density at radius 1 is 1.16 bits per heavy atom. The lowest BCUT2D eigenvalue weighted by Gasteiger charge is -2.12. The molecule has 0 saturated carbocycles. The zero-order valence-electron chi connectivity index (χ0n) is 14.1. The van der Waals surface area contributed by atoms with Crippen LogP contribution in [0.4, 0.5) is 5.69 Å². The minimum absolute atomic E-state index is 0.0772. The highest BCUT2D eigenvalue weighted by molar-refractivity contribution is 7.89. The molecule has 0 aliphatic heterocycles. The number of anilines is 1. The number of nitrogens with zero attached hydrogens (tertiary/aromatic N) is 1. The van der Waals surface area contributed by atoms with E-state index in [9.17, 15) is 18.0 Å². The first-order valence-corrected chi connectivity index (χ1v) is 9.63. The van der Waals surface area contributed by atoms with Crippen molar-refractivity contribution < 1.29 is 18.0 Å². The summed E-state index contributed by atoms with van der Waals surface area (Å²) in [7, 11) is -0.715. The van der Waals surface area contributed by atoms with Crippen LogP contribution in [0.1, 0.15) is 14.5 Å². The maximum Gasteiger partial charge on any atom is 0.261 e. The van der Waals surface area contributed by atoms with Gasteiger partial charge in [0, 0.05) is 24.7 Å². The fourth-order valence-corrected chi connectivity index (χ4v) is 3.69. The number of carbonyl (C=O) groups excluding carboxylic acids is 2. The Bertz CT molecular complexity index is 888. The van der Waals surface area contributed by atoms with Crippen LogP contribution in [-0.4, -0.2) is 45.2 Å². The lowest BCUT2D eigenvalue weighted by Crippen LogP contribution is -2.32. The molecule has 2 rings (SSSR count). The van der Waals surface area contributed by atoms with Crippen molar-refractivity contribution in [1.82, 2.24) is 9.62 Å². The van der Waals surface area contributed by atoms with Crippen molar-refractivity contribution in [2.24, 2.45) is 0 Å². The molecule has 134 valence electrons. The molecule has 1 aromatic carbocycles. The van der Waals surface area contributed by atoms with Gasteiger partial charge in [-0.3, -0.25) is 9.59 Å². The Hall–Kier alpha value is -2.23. The summed E-state index contributed by atoms with van der Waals surface area (Å²) >= 11 is 1.34. The minimum atomic E-state index is -3.58. The van der Waals surface area contributed by atoms with Crippen molar-refractivity contribution in [3.05, 3.63) is 46.2 Å². The first kappa shape index (κ1) is 19.1. The highest BCUT2D eigenvalue weighted by Gasteiger charge is 2.17. The van der Waals surface area contributed by atoms with Gasteiger partial charge in [0.25, 0.3) is 5.91 Å². The highest BCUT2D eigenvalue weighted by atomic mass is 32.2. The highest BCUT2D eigenvalue weighted by Crippen LogP contribution is 2.18. The molecule has 25 heavy (non-hydrogen) atoms. The minimum Gasteiger partial charge on any atom is -0.342 e. The van der Waals surface area contributed by atoms with E-state index < -0.39 is 15.9 Å². The maximum atomic E-state index is 12.1. The Labute approximate surface area is 150 Å². The Morgan fingerprint density at radius 2 is 1.88 bits per heavy atom. The number of rotatable bonds is 6. The maximum absolute atomic E-state index is 12.1. The number of carbonyl (C=O) groups is 2. The summed E-state index contributed by atoms with van der Waals surface area (Å²) in [5, 5.41) is 5.10. The van der Waals surface area contributed by atoms with Gasteiger partial charge in [-0.2, -0.15) is 0 Å². The summed E-state index contributed by atoms with van der Waals surface area (Å²) in [4.78, 5) is 25.5. The number of nitrogens with one attached hydrogen (secondary N) is 2. The second-order valence-electron chi connectivity index (χ2n) is 5.46. The van der Waals surface area contributed by atoms with E-state index in [1.165, 1.54) is 37.6 Å². The Kier molecular flexibility index (Phi) is 5.93. The largest absolute Gasteiger partial charge is 0.342 e. The number of benzene rings is 1. The SMILES string of the molecule is Cc1ccc(C(=O)NCC(=O)Nc2cccc(S(=O)(=O)N(C)C)c2)s1. The van der Waals surface area contributed by atoms with Gasteiger partial charge in [0.05, 0.1) is 16.3 Å². The van der Waals surface area contributed by atoms with Crippen molar-refractivity contribution in [3.8, 4) is 0 Å². The molecule has 2 amide bonds. The number of sulfonamides is 1. The molecule has 0 radical (unpaired) electrons. The zero-order chi connectivity index (χ0) is 18.6. The molecule has 0 atom stereocenters. The summed E-state index contributed by atoms with van der Waals surface area (Å²) in [5.74, 6) is -0.766. The van der Waals surface area contributed by atoms with E-state index in [-0.39, 0.29) is 17.3 Å². The first-order chi connectivity index (χ1) is 11.7. The van der Waals surface area contributed by atoms with Crippen molar-refractivity contribution in [2.45, 2.75) is 11.8 Å². The first-order valence-electron chi connectivity index (χ1n) is 7.37. The van der Waals surface area contributed by atoms with E-state index in [1.807, 2.05) is 13.0 Å². The Morgan fingerprint density at radius 3 is 2.48 bits per heavy atom. The van der Waals surface area contributed by atoms with E-state index in [0.717, 1.165) is 9.18 Å². The van der Waals surface area contributed by atoms with Crippen molar-refractivity contribution in [3.63, 3.8) is 0 Å². The van der Waals surface area contributed by atoms with Crippen molar-refractivity contribution in [1.29, 1.82) is 0 Å². The van der Waals surface area contributed by atoms with Crippen molar-refractivity contribution in [2.75, 3.05) is 26.0 Å². The van der Waals surface area contributed by atoms with Crippen LogP contribution in [0.15, 0.2) is 41.3 Å². The second-order valence-corrected chi connectivity index (χ2v) is 8.90. The third kappa shape index (κ3) is 4.88. The monoisotopic (exact) mass is 381 g/mol. The third-order valence-electron chi connectivity index (χ3n) is 3.27. The number of hydrogen-bond acceptors (Lipinski definition) is 5. The van der Waals surface area contributed by atoms with Gasteiger partial charge in [0.2, 0.25) is 15.9 Å². The standard InChI is InChI=1S/C16H19N3O4S2/c1-11-7-8-14(24-11)16(21)17-10-15(20)18-12-5-4-6-13(9-12)25(22,23)19(2)3/h4-9H,10H2,1-3H3,(H,17,21)(H,18,20). The summed E-state index contributed by atoms with van der Waals surface area (Å²) < 4.78 is 25.3. The van der Waals surface area contributed by atoms with E-state index in [0.29, 0.717) is 10.6 Å². The normalized spacial score (nSPS) is 11.4. The van der Waals surface area contributed by atoms with Gasteiger partial charge in [-0.25, -0.2) is 12.7 Å². The summed E-state index contributed by atoms with van der Waals surface area (Å²) in [5.41, 5.74) is 0.342. The van der Waals surface area contributed by atoms with Crippen LogP contribution in [0, 0.1) is 6.92 Å². The quantitative estimate of drug-likeness (QED) is 0.796. The molecule has 2 aromatic rings. The molecule has 2 N–H and O–H groups in total. The van der Waals surface area contributed by atoms with Gasteiger partial charge < -0.3 is 10.6 Å². The molecule has 0 aliphatic rings. The third-order valence-corrected chi connectivity index (χ3v) is 6.08. The molecule has 0 bridgehead atoms. The summed E-state index contributed by atoms with van der Waals surface area (Å²) in [6.07, 6.45) is 0. The molecule has 7 nitrogen and oxygen atoms in total. The lowest BCUT2D eigenvalue weighted by atomic mass is 10.3. The van der Waals surface area contributed by atoms with Gasteiger partial charge in [-0.05, 0) is 37.3 Å². The number of thiophene rings is 1. The molecule has 0 unspecified atom stereocenters. The summed E-state index contributed by atoms with van der Waals surface area (Å²) in [6, 6.07) is 9.47. The van der Waals surface area contributed by atoms with Crippen LogP contribution in [0.5, 0.6) is 0 Å². The molecular weight excluding hydrogens is 362 g/mol. The second kappa shape index (κ2) is 7.77. The fraction of sp³-hybridized carbons (Fsp3) is 0.250. The van der Waals surface area contributed by atoms with Crippen molar-refractivity contribution >= 4 is 38.9 Å². The fourth-order valence-electron chi connectivity index (χ4n) is 1.95. The molecule has 0 aliphatic carbocycles. The molecule has 1 aromatic heterocycles. The Balaban J connectivity index is 1.98. The van der Waals surface area contributed by atoms with Gasteiger partial charge in [-0.1, -0.05) is 6.07 Å². The van der Waals surface area contributed by atoms with Crippen LogP contribution in [0.2, 0.25) is 0 Å². The molecule has 0 saturated heterocycles. The van der Waals surface area contributed by atoms with E-state index in [2.05, 4.69) is 10.6 Å². The van der Waals surface area contributed by atoms with Gasteiger partial charge in [0.1, 0.15) is 0 Å². The molecule has 0 spiro atoms. The summed E-state index contributed by atoms with van der Waals surface area (Å²) in [6.45, 7) is 1.68. The van der Waals surface area contributed by atoms with Crippen LogP contribution in [0.3, 0.4) is 0 Å². The topological polar surface area (TPSA) is 95.6 Å².